The van der Waals surface area contributed by atoms with Crippen molar-refractivity contribution >= 4 is 17.7 Å². The Labute approximate surface area is 186 Å². The van der Waals surface area contributed by atoms with Gasteiger partial charge in [0.25, 0.3) is 0 Å². The van der Waals surface area contributed by atoms with Gasteiger partial charge in [0.2, 0.25) is 5.91 Å². The van der Waals surface area contributed by atoms with Gasteiger partial charge in [-0.15, -0.1) is 0 Å². The largest absolute Gasteiger partial charge is 0.315 e. The number of fused-ring (bicyclic) bond motifs is 2. The van der Waals surface area contributed by atoms with Crippen LogP contribution in [0.15, 0.2) is 84.9 Å². The van der Waals surface area contributed by atoms with Crippen LogP contribution in [-0.2, 0) is 14.3 Å². The molecule has 1 spiro atoms. The fraction of sp³-hybridized carbons (Fsp3) is 0.269. The molecule has 0 aliphatic carbocycles. The number of benzene rings is 3. The molecule has 5 atom stereocenters. The Kier molecular flexibility index (Phi) is 4.46. The van der Waals surface area contributed by atoms with E-state index in [-0.39, 0.29) is 29.3 Å². The van der Waals surface area contributed by atoms with Gasteiger partial charge < -0.3 is 9.47 Å². The molecule has 5 heteroatoms. The third-order valence-corrected chi connectivity index (χ3v) is 7.96. The fourth-order valence-electron chi connectivity index (χ4n) is 4.85. The molecule has 0 unspecified atom stereocenters. The van der Waals surface area contributed by atoms with Crippen molar-refractivity contribution in [2.24, 2.45) is 5.92 Å². The first-order valence-corrected chi connectivity index (χ1v) is 11.5. The summed E-state index contributed by atoms with van der Waals surface area (Å²) in [6.07, 6.45) is -0.546. The van der Waals surface area contributed by atoms with E-state index >= 15 is 0 Å². The van der Waals surface area contributed by atoms with Crippen LogP contribution >= 0.6 is 11.8 Å². The van der Waals surface area contributed by atoms with Gasteiger partial charge >= 0.3 is 5.24 Å². The third-order valence-electron chi connectivity index (χ3n) is 6.43. The van der Waals surface area contributed by atoms with Crippen LogP contribution in [0.2, 0.25) is 0 Å². The van der Waals surface area contributed by atoms with Gasteiger partial charge in [-0.25, -0.2) is 0 Å². The number of hydrogen-bond acceptors (Lipinski definition) is 4. The van der Waals surface area contributed by atoms with Gasteiger partial charge in [-0.3, -0.25) is 9.69 Å². The molecule has 3 aromatic rings. The van der Waals surface area contributed by atoms with Crippen LogP contribution in [0.5, 0.6) is 0 Å². The summed E-state index contributed by atoms with van der Waals surface area (Å²) in [7, 11) is 0. The normalized spacial score (nSPS) is 31.6. The number of nitrogens with zero attached hydrogens (tertiary/aromatic N) is 1. The predicted molar refractivity (Wildman–Crippen MR) is 120 cm³/mol. The highest BCUT2D eigenvalue weighted by Gasteiger charge is 2.67. The number of amides is 1. The lowest BCUT2D eigenvalue weighted by Crippen LogP contribution is -2.62. The monoisotopic (exact) mass is 429 g/mol. The minimum absolute atomic E-state index is 0.0282. The second-order valence-electron chi connectivity index (χ2n) is 8.41. The summed E-state index contributed by atoms with van der Waals surface area (Å²) >= 11 is 1.62. The van der Waals surface area contributed by atoms with Gasteiger partial charge in [0.15, 0.2) is 0 Å². The number of carbonyl (C=O) groups is 1. The molecular weight excluding hydrogens is 406 g/mol. The SMILES string of the molecule is Cc1ccc([C@H]2O[C@]34O[C@H](c5ccccc5)CN3C(=O)[C@@H]2[C@H](c2ccccc2)S4)cc1. The van der Waals surface area contributed by atoms with Crippen molar-refractivity contribution in [3.8, 4) is 0 Å². The molecule has 0 aromatic heterocycles. The maximum Gasteiger partial charge on any atom is 0.309 e. The van der Waals surface area contributed by atoms with Crippen LogP contribution in [-0.4, -0.2) is 22.6 Å². The maximum atomic E-state index is 13.8. The second-order valence-corrected chi connectivity index (χ2v) is 9.67. The zero-order valence-corrected chi connectivity index (χ0v) is 18.0. The summed E-state index contributed by atoms with van der Waals surface area (Å²) in [5.41, 5.74) is 4.41. The maximum absolute atomic E-state index is 13.8. The van der Waals surface area contributed by atoms with Gasteiger partial charge in [-0.2, -0.15) is 0 Å². The minimum atomic E-state index is -1.11. The summed E-state index contributed by atoms with van der Waals surface area (Å²) in [6, 6.07) is 28.7. The lowest BCUT2D eigenvalue weighted by atomic mass is 9.86. The van der Waals surface area contributed by atoms with Crippen molar-refractivity contribution in [1.82, 2.24) is 4.90 Å². The average Bonchev–Trinajstić information content (AvgIpc) is 3.21. The molecule has 2 bridgehead atoms. The summed E-state index contributed by atoms with van der Waals surface area (Å²) < 4.78 is 13.2. The summed E-state index contributed by atoms with van der Waals surface area (Å²) in [4.78, 5) is 15.6. The highest BCUT2D eigenvalue weighted by molar-refractivity contribution is 8.00. The highest BCUT2D eigenvalue weighted by Crippen LogP contribution is 2.64. The number of hydrogen-bond donors (Lipinski definition) is 0. The van der Waals surface area contributed by atoms with E-state index in [2.05, 4.69) is 43.3 Å². The topological polar surface area (TPSA) is 38.8 Å². The molecule has 31 heavy (non-hydrogen) atoms. The first-order valence-electron chi connectivity index (χ1n) is 10.7. The second kappa shape index (κ2) is 7.23. The van der Waals surface area contributed by atoms with Gasteiger partial charge in [-0.05, 0) is 23.6 Å². The minimum Gasteiger partial charge on any atom is -0.315 e. The molecule has 4 saturated heterocycles. The zero-order chi connectivity index (χ0) is 21.0. The molecule has 7 rings (SSSR count). The molecule has 1 amide bonds. The van der Waals surface area contributed by atoms with E-state index in [1.54, 1.807) is 11.8 Å². The summed E-state index contributed by atoms with van der Waals surface area (Å²) in [5.74, 6) is -0.182. The molecule has 3 aromatic carbocycles. The van der Waals surface area contributed by atoms with Crippen molar-refractivity contribution in [3.63, 3.8) is 0 Å². The number of aryl methyl sites for hydroxylation is 1. The Morgan fingerprint density at radius 1 is 0.839 bits per heavy atom. The fourth-order valence-corrected chi connectivity index (χ4v) is 6.49. The van der Waals surface area contributed by atoms with Gasteiger partial charge in [0.05, 0.1) is 17.7 Å². The number of ether oxygens (including phenoxy) is 2. The third kappa shape index (κ3) is 3.03. The van der Waals surface area contributed by atoms with Crippen molar-refractivity contribution in [2.45, 2.75) is 29.6 Å². The highest BCUT2D eigenvalue weighted by atomic mass is 32.2. The van der Waals surface area contributed by atoms with Crippen molar-refractivity contribution in [2.75, 3.05) is 6.54 Å². The van der Waals surface area contributed by atoms with E-state index in [4.69, 9.17) is 9.47 Å². The van der Waals surface area contributed by atoms with Crippen molar-refractivity contribution < 1.29 is 14.3 Å². The Morgan fingerprint density at radius 2 is 1.48 bits per heavy atom. The van der Waals surface area contributed by atoms with E-state index in [1.807, 2.05) is 53.4 Å². The van der Waals surface area contributed by atoms with Crippen molar-refractivity contribution in [1.29, 1.82) is 0 Å². The van der Waals surface area contributed by atoms with Crippen LogP contribution < -0.4 is 0 Å². The molecule has 4 aliphatic heterocycles. The predicted octanol–water partition coefficient (Wildman–Crippen LogP) is 5.38. The van der Waals surface area contributed by atoms with Crippen LogP contribution in [0, 0.1) is 12.8 Å². The van der Waals surface area contributed by atoms with E-state index in [9.17, 15) is 4.79 Å². The lowest BCUT2D eigenvalue weighted by Gasteiger charge is -2.54. The molecule has 0 N–H and O–H groups in total. The molecule has 156 valence electrons. The van der Waals surface area contributed by atoms with Crippen LogP contribution in [0.25, 0.3) is 0 Å². The zero-order valence-electron chi connectivity index (χ0n) is 17.2. The van der Waals surface area contributed by atoms with Gasteiger partial charge in [0, 0.05) is 0 Å². The smallest absolute Gasteiger partial charge is 0.309 e. The molecule has 4 nitrogen and oxygen atoms in total. The van der Waals surface area contributed by atoms with E-state index < -0.39 is 5.24 Å². The van der Waals surface area contributed by atoms with E-state index in [0.717, 1.165) is 16.7 Å². The number of rotatable bonds is 3. The molecule has 4 heterocycles. The molecule has 0 radical (unpaired) electrons. The Bertz CT molecular complexity index is 1100. The number of carbonyl (C=O) groups excluding carboxylic acids is 1. The van der Waals surface area contributed by atoms with E-state index in [1.165, 1.54) is 5.56 Å². The van der Waals surface area contributed by atoms with Crippen molar-refractivity contribution in [3.05, 3.63) is 107 Å². The molecule has 0 saturated carbocycles. The van der Waals surface area contributed by atoms with Gasteiger partial charge in [-0.1, -0.05) is 102 Å². The first kappa shape index (κ1) is 19.1. The quantitative estimate of drug-likeness (QED) is 0.560. The van der Waals surface area contributed by atoms with Gasteiger partial charge in [0.1, 0.15) is 12.2 Å². The Morgan fingerprint density at radius 3 is 2.16 bits per heavy atom. The molecule has 4 fully saturated rings. The Hall–Kier alpha value is -2.60. The molecular formula is C26H23NO3S. The summed E-state index contributed by atoms with van der Waals surface area (Å²) in [5, 5.41) is -1.14. The van der Waals surface area contributed by atoms with Crippen LogP contribution in [0.4, 0.5) is 0 Å². The van der Waals surface area contributed by atoms with E-state index in [0.29, 0.717) is 6.54 Å². The van der Waals surface area contributed by atoms with Crippen LogP contribution in [0.1, 0.15) is 39.7 Å². The average molecular weight is 430 g/mol. The van der Waals surface area contributed by atoms with Crippen LogP contribution in [0.3, 0.4) is 0 Å². The first-order chi connectivity index (χ1) is 15.1. The lowest BCUT2D eigenvalue weighted by molar-refractivity contribution is -0.278. The molecule has 4 aliphatic rings. The summed E-state index contributed by atoms with van der Waals surface area (Å²) in [6.45, 7) is 2.57. The Balaban J connectivity index is 1.44. The number of thioether (sulfide) groups is 1. The standard InChI is InChI=1S/C26H23NO3S/c1-17-12-14-19(15-13-17)23-22-24(20-10-6-3-7-11-20)31-26(30-23)27(25(22)28)16-21(29-26)18-8-4-2-5-9-18/h2-15,21-24H,16H2,1H3/t21-,22-,23+,24-,26+/m0/s1.